The van der Waals surface area contributed by atoms with Crippen molar-refractivity contribution in [3.05, 3.63) is 11.6 Å². The van der Waals surface area contributed by atoms with Crippen molar-refractivity contribution in [2.24, 2.45) is 0 Å². The van der Waals surface area contributed by atoms with Gasteiger partial charge in [0.05, 0.1) is 5.88 Å². The van der Waals surface area contributed by atoms with Gasteiger partial charge < -0.3 is 9.64 Å². The lowest BCUT2D eigenvalue weighted by Gasteiger charge is -2.13. The zero-order valence-electron chi connectivity index (χ0n) is 16.1. The largest absolute Gasteiger partial charge is 0.381 e. The first kappa shape index (κ1) is 21.9. The second kappa shape index (κ2) is 17.7. The smallest absolute Gasteiger partial charge is 0.0675 e. The maximum atomic E-state index is 5.75. The highest BCUT2D eigenvalue weighted by molar-refractivity contribution is 8.02. The SMILES string of the molecule is CCCCCCCCCCCCCCOCCCCN1C=CSC1. The Balaban J connectivity index is 1.64. The van der Waals surface area contributed by atoms with Gasteiger partial charge in [-0.15, -0.1) is 11.8 Å². The van der Waals surface area contributed by atoms with Crippen molar-refractivity contribution >= 4 is 11.8 Å². The zero-order chi connectivity index (χ0) is 17.1. The average molecular weight is 356 g/mol. The Labute approximate surface area is 155 Å². The lowest BCUT2D eigenvalue weighted by molar-refractivity contribution is 0.125. The van der Waals surface area contributed by atoms with Crippen molar-refractivity contribution in [2.75, 3.05) is 25.6 Å². The molecule has 1 rings (SSSR count). The maximum Gasteiger partial charge on any atom is 0.0675 e. The fraction of sp³-hybridized carbons (Fsp3) is 0.905. The van der Waals surface area contributed by atoms with E-state index in [0.29, 0.717) is 0 Å². The van der Waals surface area contributed by atoms with Crippen LogP contribution in [0.4, 0.5) is 0 Å². The van der Waals surface area contributed by atoms with Crippen molar-refractivity contribution in [1.29, 1.82) is 0 Å². The number of hydrogen-bond donors (Lipinski definition) is 0. The van der Waals surface area contributed by atoms with Crippen LogP contribution in [0.15, 0.2) is 11.6 Å². The van der Waals surface area contributed by atoms with Crippen molar-refractivity contribution in [1.82, 2.24) is 4.90 Å². The minimum absolute atomic E-state index is 0.947. The molecule has 2 nitrogen and oxygen atoms in total. The predicted molar refractivity (Wildman–Crippen MR) is 109 cm³/mol. The first-order valence-electron chi connectivity index (χ1n) is 10.5. The summed E-state index contributed by atoms with van der Waals surface area (Å²) in [5, 5.41) is 2.18. The van der Waals surface area contributed by atoms with Gasteiger partial charge in [0.1, 0.15) is 0 Å². The van der Waals surface area contributed by atoms with Crippen LogP contribution in [0.5, 0.6) is 0 Å². The van der Waals surface area contributed by atoms with Crippen molar-refractivity contribution in [3.8, 4) is 0 Å². The maximum absolute atomic E-state index is 5.75. The highest BCUT2D eigenvalue weighted by Gasteiger charge is 2.03. The summed E-state index contributed by atoms with van der Waals surface area (Å²) in [5.41, 5.74) is 0. The molecule has 0 aromatic carbocycles. The number of ether oxygens (including phenoxy) is 1. The van der Waals surface area contributed by atoms with Crippen LogP contribution in [-0.2, 0) is 4.74 Å². The minimum atomic E-state index is 0.947. The zero-order valence-corrected chi connectivity index (χ0v) is 17.0. The van der Waals surface area contributed by atoms with E-state index in [1.807, 2.05) is 11.8 Å². The van der Waals surface area contributed by atoms with E-state index in [0.717, 1.165) is 19.1 Å². The van der Waals surface area contributed by atoms with E-state index in [-0.39, 0.29) is 0 Å². The van der Waals surface area contributed by atoms with E-state index in [9.17, 15) is 0 Å². The van der Waals surface area contributed by atoms with Gasteiger partial charge in [-0.3, -0.25) is 0 Å². The molecule has 0 amide bonds. The molecule has 0 fully saturated rings. The van der Waals surface area contributed by atoms with E-state index >= 15 is 0 Å². The fourth-order valence-corrected chi connectivity index (χ4v) is 3.87. The molecule has 0 atom stereocenters. The van der Waals surface area contributed by atoms with Crippen molar-refractivity contribution in [3.63, 3.8) is 0 Å². The topological polar surface area (TPSA) is 12.5 Å². The molecule has 0 unspecified atom stereocenters. The summed E-state index contributed by atoms with van der Waals surface area (Å²) in [7, 11) is 0. The summed E-state index contributed by atoms with van der Waals surface area (Å²) in [4.78, 5) is 2.38. The van der Waals surface area contributed by atoms with Crippen molar-refractivity contribution < 1.29 is 4.74 Å². The Morgan fingerprint density at radius 1 is 0.750 bits per heavy atom. The van der Waals surface area contributed by atoms with Gasteiger partial charge in [-0.1, -0.05) is 77.6 Å². The minimum Gasteiger partial charge on any atom is -0.381 e. The van der Waals surface area contributed by atoms with Gasteiger partial charge in [0.15, 0.2) is 0 Å². The summed E-state index contributed by atoms with van der Waals surface area (Å²) in [6.45, 7) is 5.39. The molecule has 0 aromatic heterocycles. The lowest BCUT2D eigenvalue weighted by Crippen LogP contribution is -2.15. The first-order chi connectivity index (χ1) is 11.9. The van der Waals surface area contributed by atoms with Gasteiger partial charge in [-0.05, 0) is 24.7 Å². The molecule has 0 bridgehead atoms. The third kappa shape index (κ3) is 14.2. The Kier molecular flexibility index (Phi) is 16.1. The third-order valence-corrected chi connectivity index (χ3v) is 5.53. The average Bonchev–Trinajstić information content (AvgIpc) is 3.11. The summed E-state index contributed by atoms with van der Waals surface area (Å²) in [6.07, 6.45) is 21.6. The number of nitrogens with zero attached hydrogens (tertiary/aromatic N) is 1. The molecule has 3 heteroatoms. The van der Waals surface area contributed by atoms with Crippen LogP contribution in [0.25, 0.3) is 0 Å². The first-order valence-corrected chi connectivity index (χ1v) is 11.6. The summed E-state index contributed by atoms with van der Waals surface area (Å²) in [5.74, 6) is 1.14. The quantitative estimate of drug-likeness (QED) is 0.246. The van der Waals surface area contributed by atoms with Gasteiger partial charge in [-0.25, -0.2) is 0 Å². The van der Waals surface area contributed by atoms with Crippen LogP contribution in [0.1, 0.15) is 96.8 Å². The molecule has 0 radical (unpaired) electrons. The number of thioether (sulfide) groups is 1. The predicted octanol–water partition coefficient (Wildman–Crippen LogP) is 6.96. The van der Waals surface area contributed by atoms with Gasteiger partial charge in [0, 0.05) is 26.0 Å². The van der Waals surface area contributed by atoms with Crippen LogP contribution in [-0.4, -0.2) is 30.5 Å². The van der Waals surface area contributed by atoms with E-state index in [1.165, 1.54) is 96.4 Å². The molecule has 0 aromatic rings. The summed E-state index contributed by atoms with van der Waals surface area (Å²) < 4.78 is 5.75. The number of hydrogen-bond acceptors (Lipinski definition) is 3. The fourth-order valence-electron chi connectivity index (χ4n) is 3.12. The van der Waals surface area contributed by atoms with Crippen LogP contribution in [0, 0.1) is 0 Å². The molecule has 0 saturated heterocycles. The van der Waals surface area contributed by atoms with Crippen LogP contribution in [0.2, 0.25) is 0 Å². The second-order valence-corrected chi connectivity index (χ2v) is 7.97. The third-order valence-electron chi connectivity index (χ3n) is 4.73. The Hall–Kier alpha value is -0.150. The van der Waals surface area contributed by atoms with E-state index in [2.05, 4.69) is 23.4 Å². The Morgan fingerprint density at radius 3 is 1.83 bits per heavy atom. The number of unbranched alkanes of at least 4 members (excludes halogenated alkanes) is 12. The monoisotopic (exact) mass is 355 g/mol. The standard InChI is InChI=1S/C21H41NOS/c1-2-3-4-5-6-7-8-9-10-11-12-14-18-23-19-15-13-16-22-17-20-24-21-22/h17,20H,2-16,18-19,21H2,1H3. The lowest BCUT2D eigenvalue weighted by atomic mass is 10.1. The molecule has 0 N–H and O–H groups in total. The van der Waals surface area contributed by atoms with Crippen molar-refractivity contribution in [2.45, 2.75) is 96.8 Å². The second-order valence-electron chi connectivity index (χ2n) is 7.10. The molecular weight excluding hydrogens is 314 g/mol. The highest BCUT2D eigenvalue weighted by atomic mass is 32.2. The van der Waals surface area contributed by atoms with Crippen LogP contribution >= 0.6 is 11.8 Å². The molecule has 0 aliphatic carbocycles. The van der Waals surface area contributed by atoms with Gasteiger partial charge in [0.2, 0.25) is 0 Å². The van der Waals surface area contributed by atoms with E-state index in [4.69, 9.17) is 4.74 Å². The molecule has 1 aliphatic heterocycles. The summed E-state index contributed by atoms with van der Waals surface area (Å²) in [6, 6.07) is 0. The molecular formula is C21H41NOS. The molecule has 0 spiro atoms. The van der Waals surface area contributed by atoms with Gasteiger partial charge in [0.25, 0.3) is 0 Å². The van der Waals surface area contributed by atoms with E-state index in [1.54, 1.807) is 0 Å². The Bertz CT molecular complexity index is 283. The number of rotatable bonds is 18. The van der Waals surface area contributed by atoms with Crippen LogP contribution in [0.3, 0.4) is 0 Å². The molecule has 0 saturated carbocycles. The molecule has 142 valence electrons. The normalized spacial score (nSPS) is 14.0. The Morgan fingerprint density at radius 2 is 1.29 bits per heavy atom. The molecule has 1 aliphatic rings. The van der Waals surface area contributed by atoms with Crippen LogP contribution < -0.4 is 0 Å². The van der Waals surface area contributed by atoms with Gasteiger partial charge >= 0.3 is 0 Å². The molecule has 1 heterocycles. The summed E-state index contributed by atoms with van der Waals surface area (Å²) >= 11 is 1.89. The molecule has 24 heavy (non-hydrogen) atoms. The van der Waals surface area contributed by atoms with Gasteiger partial charge in [-0.2, -0.15) is 0 Å². The highest BCUT2D eigenvalue weighted by Crippen LogP contribution is 2.15. The van der Waals surface area contributed by atoms with E-state index < -0.39 is 0 Å².